The number of nitriles is 1. The van der Waals surface area contributed by atoms with Gasteiger partial charge in [-0.3, -0.25) is 0 Å². The summed E-state index contributed by atoms with van der Waals surface area (Å²) in [5.74, 6) is -0.392. The third-order valence-corrected chi connectivity index (χ3v) is 5.21. The Morgan fingerprint density at radius 3 is 2.71 bits per heavy atom. The van der Waals surface area contributed by atoms with E-state index < -0.39 is 5.97 Å². The van der Waals surface area contributed by atoms with Gasteiger partial charge in [-0.25, -0.2) is 0 Å². The molecule has 1 N–H and O–H groups in total. The van der Waals surface area contributed by atoms with Gasteiger partial charge in [0.1, 0.15) is 0 Å². The van der Waals surface area contributed by atoms with Crippen LogP contribution in [0, 0.1) is 18.3 Å². The number of hydrogen-bond acceptors (Lipinski definition) is 4. The fraction of sp³-hybridized carbons (Fsp3) is 0.267. The molecule has 0 amide bonds. The molecule has 0 aliphatic heterocycles. The molecule has 0 radical (unpaired) electrons. The van der Waals surface area contributed by atoms with E-state index in [-0.39, 0.29) is 20.6 Å². The molecule has 108 valence electrons. The molecule has 1 aromatic carbocycles. The van der Waals surface area contributed by atoms with Crippen molar-refractivity contribution in [3.05, 3.63) is 33.9 Å². The molecule has 0 bridgehead atoms. The molecule has 5 nitrogen and oxygen atoms in total. The number of nitrogens with zero attached hydrogens (tertiary/aromatic N) is 2. The second kappa shape index (κ2) is 6.13. The number of carbonyl (C=O) groups is 1. The average Bonchev–Trinajstić information content (AvgIpc) is 2.81. The van der Waals surface area contributed by atoms with Gasteiger partial charge < -0.3 is 0 Å². The molecule has 0 aliphatic carbocycles. The van der Waals surface area contributed by atoms with Crippen molar-refractivity contribution >= 4 is 20.5 Å². The third-order valence-electron chi connectivity index (χ3n) is 2.70. The van der Waals surface area contributed by atoms with Gasteiger partial charge in [0.05, 0.1) is 0 Å². The SMILES string of the molecule is Cc1nc(-c2ccc(OC(C)C)c(C#N)c2)[se]c1C(=O)O. The zero-order chi connectivity index (χ0) is 15.6. The maximum atomic E-state index is 11.1. The first kappa shape index (κ1) is 15.3. The number of hydrogen-bond donors (Lipinski definition) is 1. The van der Waals surface area contributed by atoms with Crippen LogP contribution in [0.4, 0.5) is 0 Å². The van der Waals surface area contributed by atoms with Crippen molar-refractivity contribution in [3.8, 4) is 22.0 Å². The standard InChI is InChI=1S/C15H14N2O3Se/c1-8(2)20-12-5-4-10(6-11(12)7-16)14-17-9(3)13(21-14)15(18)19/h4-6,8H,1-3H3,(H,18,19). The zero-order valence-corrected chi connectivity index (χ0v) is 13.6. The number of carboxylic acids is 1. The summed E-state index contributed by atoms with van der Waals surface area (Å²) in [6.07, 6.45) is -0.0153. The molecule has 0 fully saturated rings. The van der Waals surface area contributed by atoms with Crippen molar-refractivity contribution in [2.45, 2.75) is 26.9 Å². The van der Waals surface area contributed by atoms with Gasteiger partial charge in [-0.15, -0.1) is 0 Å². The van der Waals surface area contributed by atoms with E-state index in [0.29, 0.717) is 21.4 Å². The van der Waals surface area contributed by atoms with Gasteiger partial charge in [-0.2, -0.15) is 0 Å². The Labute approximate surface area is 128 Å². The first-order valence-corrected chi connectivity index (χ1v) is 8.05. The molecule has 0 aliphatic rings. The minimum absolute atomic E-state index is 0.0153. The van der Waals surface area contributed by atoms with Gasteiger partial charge in [0, 0.05) is 0 Å². The van der Waals surface area contributed by atoms with E-state index in [4.69, 9.17) is 9.84 Å². The molecule has 1 heterocycles. The summed E-state index contributed by atoms with van der Waals surface area (Å²) in [4.78, 5) is 15.4. The van der Waals surface area contributed by atoms with Crippen LogP contribution < -0.4 is 4.74 Å². The van der Waals surface area contributed by atoms with Crippen LogP contribution in [0.1, 0.15) is 34.3 Å². The number of aromatic nitrogens is 1. The molecule has 2 aromatic rings. The van der Waals surface area contributed by atoms with Crippen LogP contribution in [0.15, 0.2) is 18.2 Å². The van der Waals surface area contributed by atoms with E-state index in [1.165, 1.54) is 0 Å². The number of rotatable bonds is 4. The monoisotopic (exact) mass is 350 g/mol. The second-order valence-corrected chi connectivity index (χ2v) is 6.82. The summed E-state index contributed by atoms with van der Waals surface area (Å²) >= 11 is -0.344. The second-order valence-electron chi connectivity index (χ2n) is 4.73. The Bertz CT molecular complexity index is 729. The van der Waals surface area contributed by atoms with Gasteiger partial charge >= 0.3 is 128 Å². The van der Waals surface area contributed by atoms with Gasteiger partial charge in [-0.05, 0) is 0 Å². The Morgan fingerprint density at radius 2 is 2.19 bits per heavy atom. The molecular weight excluding hydrogens is 335 g/mol. The number of aryl methyl sites for hydroxylation is 1. The Hall–Kier alpha value is -2.09. The predicted molar refractivity (Wildman–Crippen MR) is 78.8 cm³/mol. The number of carboxylic acid groups (broad SMARTS) is 1. The van der Waals surface area contributed by atoms with Crippen LogP contribution in [-0.4, -0.2) is 36.7 Å². The molecule has 2 rings (SSSR count). The van der Waals surface area contributed by atoms with Crippen LogP contribution >= 0.6 is 0 Å². The minimum atomic E-state index is -0.925. The Morgan fingerprint density at radius 1 is 1.48 bits per heavy atom. The molecule has 0 saturated heterocycles. The van der Waals surface area contributed by atoms with Crippen LogP contribution in [0.3, 0.4) is 0 Å². The topological polar surface area (TPSA) is 83.2 Å². The molecule has 0 atom stereocenters. The fourth-order valence-electron chi connectivity index (χ4n) is 1.83. The van der Waals surface area contributed by atoms with Crippen molar-refractivity contribution in [1.29, 1.82) is 5.26 Å². The van der Waals surface area contributed by atoms with Crippen LogP contribution in [0.5, 0.6) is 5.75 Å². The summed E-state index contributed by atoms with van der Waals surface area (Å²) in [6, 6.07) is 7.37. The van der Waals surface area contributed by atoms with Crippen LogP contribution in [0.2, 0.25) is 0 Å². The normalized spacial score (nSPS) is 10.4. The first-order chi connectivity index (χ1) is 9.92. The summed E-state index contributed by atoms with van der Waals surface area (Å²) in [5.41, 5.74) is 1.75. The summed E-state index contributed by atoms with van der Waals surface area (Å²) in [6.45, 7) is 5.48. The molecule has 0 saturated carbocycles. The first-order valence-electron chi connectivity index (χ1n) is 6.34. The van der Waals surface area contributed by atoms with Gasteiger partial charge in [0.15, 0.2) is 0 Å². The molecule has 0 spiro atoms. The van der Waals surface area contributed by atoms with E-state index in [2.05, 4.69) is 11.1 Å². The number of ether oxygens (including phenoxy) is 1. The van der Waals surface area contributed by atoms with Crippen molar-refractivity contribution < 1.29 is 14.6 Å². The van der Waals surface area contributed by atoms with E-state index in [1.807, 2.05) is 19.9 Å². The summed E-state index contributed by atoms with van der Waals surface area (Å²) < 4.78 is 6.66. The fourth-order valence-corrected chi connectivity index (χ4v) is 3.72. The Kier molecular flexibility index (Phi) is 4.46. The Balaban J connectivity index is 2.44. The third kappa shape index (κ3) is 3.33. The van der Waals surface area contributed by atoms with Crippen molar-refractivity contribution in [1.82, 2.24) is 4.98 Å². The predicted octanol–water partition coefficient (Wildman–Crippen LogP) is 2.47. The average molecular weight is 349 g/mol. The van der Waals surface area contributed by atoms with Crippen molar-refractivity contribution in [2.24, 2.45) is 0 Å². The van der Waals surface area contributed by atoms with Crippen molar-refractivity contribution in [2.75, 3.05) is 0 Å². The van der Waals surface area contributed by atoms with Gasteiger partial charge in [0.2, 0.25) is 0 Å². The van der Waals surface area contributed by atoms with E-state index in [1.54, 1.807) is 19.1 Å². The molecule has 6 heteroatoms. The summed E-state index contributed by atoms with van der Waals surface area (Å²) in [7, 11) is 0. The van der Waals surface area contributed by atoms with E-state index >= 15 is 0 Å². The van der Waals surface area contributed by atoms with Crippen LogP contribution in [-0.2, 0) is 0 Å². The zero-order valence-electron chi connectivity index (χ0n) is 11.9. The maximum absolute atomic E-state index is 11.1. The van der Waals surface area contributed by atoms with Gasteiger partial charge in [0.25, 0.3) is 0 Å². The van der Waals surface area contributed by atoms with E-state index in [0.717, 1.165) is 10.1 Å². The molecule has 0 unspecified atom stereocenters. The molecule has 1 aromatic heterocycles. The molecular formula is C15H14N2O3Se. The van der Waals surface area contributed by atoms with Gasteiger partial charge in [-0.1, -0.05) is 0 Å². The number of benzene rings is 1. The van der Waals surface area contributed by atoms with E-state index in [9.17, 15) is 10.1 Å². The quantitative estimate of drug-likeness (QED) is 0.858. The number of aromatic carboxylic acids is 1. The molecule has 21 heavy (non-hydrogen) atoms. The summed E-state index contributed by atoms with van der Waals surface area (Å²) in [5, 5.41) is 18.3. The van der Waals surface area contributed by atoms with Crippen LogP contribution in [0.25, 0.3) is 10.1 Å². The van der Waals surface area contributed by atoms with Crippen molar-refractivity contribution in [3.63, 3.8) is 0 Å².